The van der Waals surface area contributed by atoms with Crippen molar-refractivity contribution in [3.05, 3.63) is 23.5 Å². The molecule has 4 heteroatoms. The molecule has 2 atom stereocenters. The molecule has 0 aliphatic heterocycles. The highest BCUT2D eigenvalue weighted by Gasteiger charge is 2.26. The van der Waals surface area contributed by atoms with Crippen LogP contribution in [0.2, 0.25) is 0 Å². The van der Waals surface area contributed by atoms with Gasteiger partial charge in [-0.1, -0.05) is 20.3 Å². The topological polar surface area (TPSA) is 43.3 Å². The van der Waals surface area contributed by atoms with Crippen LogP contribution in [-0.2, 0) is 6.42 Å². The molecule has 0 aromatic carbocycles. The first kappa shape index (κ1) is 11.6. The van der Waals surface area contributed by atoms with Gasteiger partial charge in [0.25, 0.3) is 0 Å². The van der Waals surface area contributed by atoms with Crippen molar-refractivity contribution in [2.24, 2.45) is 11.7 Å². The summed E-state index contributed by atoms with van der Waals surface area (Å²) in [5.74, 6) is 0.507. The van der Waals surface area contributed by atoms with Gasteiger partial charge in [-0.15, -0.1) is 11.3 Å². The Bertz CT molecular complexity index is 441. The Morgan fingerprint density at radius 3 is 3.00 bits per heavy atom. The van der Waals surface area contributed by atoms with E-state index < -0.39 is 0 Å². The number of aromatic nitrogens is 2. The minimum absolute atomic E-state index is 0.168. The minimum Gasteiger partial charge on any atom is -0.325 e. The lowest BCUT2D eigenvalue weighted by Gasteiger charge is -2.30. The zero-order valence-corrected chi connectivity index (χ0v) is 10.9. The van der Waals surface area contributed by atoms with Crippen LogP contribution in [0.25, 0.3) is 4.96 Å². The fraction of sp³-hybridized carbons (Fsp3) is 0.583. The van der Waals surface area contributed by atoms with Crippen LogP contribution in [0.5, 0.6) is 0 Å². The Balaban J connectivity index is 2.18. The van der Waals surface area contributed by atoms with Crippen LogP contribution >= 0.6 is 11.3 Å². The van der Waals surface area contributed by atoms with Crippen molar-refractivity contribution in [3.8, 4) is 0 Å². The van der Waals surface area contributed by atoms with E-state index in [-0.39, 0.29) is 5.54 Å². The summed E-state index contributed by atoms with van der Waals surface area (Å²) < 4.78 is 2.06. The number of nitrogens with two attached hydrogens (primary N) is 1. The zero-order chi connectivity index (χ0) is 11.8. The summed E-state index contributed by atoms with van der Waals surface area (Å²) in [6.45, 7) is 6.51. The van der Waals surface area contributed by atoms with E-state index in [0.29, 0.717) is 5.92 Å². The van der Waals surface area contributed by atoms with Crippen LogP contribution in [-0.4, -0.2) is 14.9 Å². The first-order chi connectivity index (χ1) is 7.53. The van der Waals surface area contributed by atoms with E-state index in [1.165, 1.54) is 0 Å². The molecule has 0 fully saturated rings. The van der Waals surface area contributed by atoms with E-state index >= 15 is 0 Å². The molecular weight excluding hydrogens is 218 g/mol. The van der Waals surface area contributed by atoms with Crippen molar-refractivity contribution < 1.29 is 0 Å². The first-order valence-electron chi connectivity index (χ1n) is 5.73. The molecule has 2 rings (SSSR count). The fourth-order valence-electron chi connectivity index (χ4n) is 1.89. The molecule has 16 heavy (non-hydrogen) atoms. The molecule has 0 saturated heterocycles. The lowest BCUT2D eigenvalue weighted by atomic mass is 9.82. The third-order valence-corrected chi connectivity index (χ3v) is 4.21. The average molecular weight is 237 g/mol. The highest BCUT2D eigenvalue weighted by molar-refractivity contribution is 7.15. The van der Waals surface area contributed by atoms with Crippen LogP contribution < -0.4 is 5.73 Å². The number of hydrogen-bond acceptors (Lipinski definition) is 3. The van der Waals surface area contributed by atoms with Crippen LogP contribution in [0.4, 0.5) is 0 Å². The molecule has 0 aliphatic rings. The van der Waals surface area contributed by atoms with E-state index in [4.69, 9.17) is 5.73 Å². The Kier molecular flexibility index (Phi) is 3.04. The number of hydrogen-bond donors (Lipinski definition) is 1. The lowest BCUT2D eigenvalue weighted by molar-refractivity contribution is 0.304. The van der Waals surface area contributed by atoms with Crippen LogP contribution in [0, 0.1) is 5.92 Å². The molecule has 2 aromatic heterocycles. The second-order valence-corrected chi connectivity index (χ2v) is 5.69. The van der Waals surface area contributed by atoms with Gasteiger partial charge in [0, 0.05) is 29.7 Å². The van der Waals surface area contributed by atoms with Gasteiger partial charge in [-0.2, -0.15) is 0 Å². The summed E-state index contributed by atoms with van der Waals surface area (Å²) in [6, 6.07) is 0. The van der Waals surface area contributed by atoms with E-state index in [1.807, 2.05) is 11.6 Å². The van der Waals surface area contributed by atoms with E-state index in [1.54, 1.807) is 11.3 Å². The minimum atomic E-state index is -0.168. The SMILES string of the molecule is CCC(C)C(C)(N)Cc1cn2ccsc2n1. The second-order valence-electron chi connectivity index (χ2n) is 4.82. The fourth-order valence-corrected chi connectivity index (χ4v) is 2.61. The van der Waals surface area contributed by atoms with Gasteiger partial charge in [-0.25, -0.2) is 4.98 Å². The molecule has 0 saturated carbocycles. The second kappa shape index (κ2) is 4.18. The van der Waals surface area contributed by atoms with Gasteiger partial charge < -0.3 is 5.73 Å². The van der Waals surface area contributed by atoms with E-state index in [9.17, 15) is 0 Å². The van der Waals surface area contributed by atoms with Gasteiger partial charge in [0.15, 0.2) is 4.96 Å². The molecule has 0 aliphatic carbocycles. The molecule has 3 nitrogen and oxygen atoms in total. The van der Waals surface area contributed by atoms with Gasteiger partial charge in [0.05, 0.1) is 5.69 Å². The largest absolute Gasteiger partial charge is 0.325 e. The van der Waals surface area contributed by atoms with Crippen molar-refractivity contribution in [1.29, 1.82) is 0 Å². The Labute approximate surface area is 100 Å². The normalized spacial score (nSPS) is 17.5. The maximum Gasteiger partial charge on any atom is 0.193 e. The summed E-state index contributed by atoms with van der Waals surface area (Å²) in [5, 5.41) is 2.04. The first-order valence-corrected chi connectivity index (χ1v) is 6.61. The van der Waals surface area contributed by atoms with Crippen molar-refractivity contribution in [1.82, 2.24) is 9.38 Å². The predicted molar refractivity (Wildman–Crippen MR) is 68.8 cm³/mol. The Hall–Kier alpha value is -0.870. The van der Waals surface area contributed by atoms with Gasteiger partial charge >= 0.3 is 0 Å². The maximum atomic E-state index is 6.35. The average Bonchev–Trinajstić information content (AvgIpc) is 2.75. The molecule has 0 amide bonds. The Morgan fingerprint density at radius 1 is 1.62 bits per heavy atom. The number of rotatable bonds is 4. The van der Waals surface area contributed by atoms with Gasteiger partial charge in [-0.05, 0) is 12.8 Å². The molecule has 2 unspecified atom stereocenters. The zero-order valence-electron chi connectivity index (χ0n) is 10.1. The molecule has 0 radical (unpaired) electrons. The molecule has 0 spiro atoms. The third-order valence-electron chi connectivity index (χ3n) is 3.44. The monoisotopic (exact) mass is 237 g/mol. The van der Waals surface area contributed by atoms with Gasteiger partial charge in [-0.3, -0.25) is 4.40 Å². The van der Waals surface area contributed by atoms with Gasteiger partial charge in [0.1, 0.15) is 0 Å². The highest BCUT2D eigenvalue weighted by atomic mass is 32.1. The summed E-state index contributed by atoms with van der Waals surface area (Å²) >= 11 is 1.66. The van der Waals surface area contributed by atoms with E-state index in [0.717, 1.165) is 23.5 Å². The standard InChI is InChI=1S/C12H19N3S/c1-4-9(2)12(3,13)7-10-8-15-5-6-16-11(15)14-10/h5-6,8-9H,4,7,13H2,1-3H3. The van der Waals surface area contributed by atoms with Gasteiger partial charge in [0.2, 0.25) is 0 Å². The van der Waals surface area contributed by atoms with Crippen molar-refractivity contribution in [3.63, 3.8) is 0 Å². The quantitative estimate of drug-likeness (QED) is 0.888. The van der Waals surface area contributed by atoms with Crippen LogP contribution in [0.15, 0.2) is 17.8 Å². The number of thiazole rings is 1. The number of imidazole rings is 1. The smallest absolute Gasteiger partial charge is 0.193 e. The Morgan fingerprint density at radius 2 is 2.38 bits per heavy atom. The van der Waals surface area contributed by atoms with Crippen LogP contribution in [0.1, 0.15) is 32.9 Å². The highest BCUT2D eigenvalue weighted by Crippen LogP contribution is 2.22. The molecule has 2 N–H and O–H groups in total. The maximum absolute atomic E-state index is 6.35. The van der Waals surface area contributed by atoms with Crippen molar-refractivity contribution in [2.75, 3.05) is 0 Å². The van der Waals surface area contributed by atoms with Crippen molar-refractivity contribution >= 4 is 16.3 Å². The van der Waals surface area contributed by atoms with Crippen molar-refractivity contribution in [2.45, 2.75) is 39.2 Å². The molecule has 0 bridgehead atoms. The molecule has 2 heterocycles. The summed E-state index contributed by atoms with van der Waals surface area (Å²) in [6.07, 6.45) is 6.07. The summed E-state index contributed by atoms with van der Waals surface area (Å²) in [4.78, 5) is 5.63. The number of nitrogens with zero attached hydrogens (tertiary/aromatic N) is 2. The summed E-state index contributed by atoms with van der Waals surface area (Å²) in [5.41, 5.74) is 7.27. The predicted octanol–water partition coefficient (Wildman–Crippen LogP) is 2.70. The molecule has 2 aromatic rings. The van der Waals surface area contributed by atoms with E-state index in [2.05, 4.69) is 36.4 Å². The number of fused-ring (bicyclic) bond motifs is 1. The molecular formula is C12H19N3S. The molecule has 88 valence electrons. The third kappa shape index (κ3) is 2.13. The lowest BCUT2D eigenvalue weighted by Crippen LogP contribution is -2.44. The summed E-state index contributed by atoms with van der Waals surface area (Å²) in [7, 11) is 0. The van der Waals surface area contributed by atoms with Crippen LogP contribution in [0.3, 0.4) is 0 Å².